The number of nitrogens with one attached hydrogen (secondary N) is 1. The molecular formula is C31H38F3N3O3. The Morgan fingerprint density at radius 1 is 1.05 bits per heavy atom. The molecule has 1 aromatic rings. The number of aromatic nitrogens is 1. The number of nitrogens with zero attached hydrogens (tertiary/aromatic N) is 2. The van der Waals surface area contributed by atoms with Crippen molar-refractivity contribution in [3.63, 3.8) is 0 Å². The zero-order valence-electron chi connectivity index (χ0n) is 23.4. The number of allylic oxidation sites excluding steroid dienone is 7. The molecule has 40 heavy (non-hydrogen) atoms. The molecule has 1 aliphatic heterocycles. The average molecular weight is 558 g/mol. The molecule has 0 aromatic carbocycles. The van der Waals surface area contributed by atoms with Gasteiger partial charge in [-0.15, -0.1) is 0 Å². The highest BCUT2D eigenvalue weighted by Gasteiger charge is 2.40. The number of pyridine rings is 1. The third-order valence-electron chi connectivity index (χ3n) is 7.23. The fourth-order valence-corrected chi connectivity index (χ4v) is 5.25. The molecule has 216 valence electrons. The van der Waals surface area contributed by atoms with Crippen molar-refractivity contribution in [1.29, 1.82) is 0 Å². The van der Waals surface area contributed by atoms with Crippen molar-refractivity contribution in [3.8, 4) is 0 Å². The van der Waals surface area contributed by atoms with E-state index in [0.29, 0.717) is 17.7 Å². The van der Waals surface area contributed by atoms with E-state index in [1.54, 1.807) is 18.2 Å². The van der Waals surface area contributed by atoms with E-state index in [1.165, 1.54) is 12.3 Å². The Balaban J connectivity index is 1.36. The van der Waals surface area contributed by atoms with Crippen LogP contribution in [0.1, 0.15) is 72.1 Å². The lowest BCUT2D eigenvalue weighted by atomic mass is 9.97. The monoisotopic (exact) mass is 557 g/mol. The minimum Gasteiger partial charge on any atom is -0.460 e. The minimum atomic E-state index is -4.51. The number of amides is 1. The number of halogens is 3. The SMILES string of the molecule is CC(C)(C)OC(=O)C1CCCCN(c2ccc(NC(=O)C3=CC(C4=CCCC=C4)=C(C(F)(F)F)C3)cn2)CCC1. The van der Waals surface area contributed by atoms with Gasteiger partial charge >= 0.3 is 12.1 Å². The van der Waals surface area contributed by atoms with Crippen LogP contribution in [0.25, 0.3) is 0 Å². The molecule has 3 aliphatic rings. The summed E-state index contributed by atoms with van der Waals surface area (Å²) in [7, 11) is 0. The van der Waals surface area contributed by atoms with Crippen LogP contribution in [0.4, 0.5) is 24.7 Å². The van der Waals surface area contributed by atoms with Crippen LogP contribution >= 0.6 is 0 Å². The zero-order valence-corrected chi connectivity index (χ0v) is 23.4. The van der Waals surface area contributed by atoms with Gasteiger partial charge in [-0.1, -0.05) is 24.6 Å². The average Bonchev–Trinajstić information content (AvgIpc) is 3.39. The number of carbonyl (C=O) groups is 2. The normalized spacial score (nSPS) is 20.8. The molecule has 9 heteroatoms. The molecule has 1 amide bonds. The predicted octanol–water partition coefficient (Wildman–Crippen LogP) is 7.21. The van der Waals surface area contributed by atoms with Crippen LogP contribution in [0.5, 0.6) is 0 Å². The zero-order chi connectivity index (χ0) is 28.9. The van der Waals surface area contributed by atoms with Gasteiger partial charge in [0, 0.05) is 30.7 Å². The topological polar surface area (TPSA) is 71.5 Å². The Hall–Kier alpha value is -3.36. The van der Waals surface area contributed by atoms with Crippen molar-refractivity contribution < 1.29 is 27.5 Å². The van der Waals surface area contributed by atoms with Crippen molar-refractivity contribution in [2.75, 3.05) is 23.3 Å². The highest BCUT2D eigenvalue weighted by molar-refractivity contribution is 6.05. The fourth-order valence-electron chi connectivity index (χ4n) is 5.25. The molecule has 1 aromatic heterocycles. The highest BCUT2D eigenvalue weighted by atomic mass is 19.4. The van der Waals surface area contributed by atoms with Crippen LogP contribution in [0.3, 0.4) is 0 Å². The van der Waals surface area contributed by atoms with Gasteiger partial charge < -0.3 is 15.0 Å². The van der Waals surface area contributed by atoms with Crippen molar-refractivity contribution in [2.24, 2.45) is 5.92 Å². The second-order valence-corrected chi connectivity index (χ2v) is 11.6. The predicted molar refractivity (Wildman–Crippen MR) is 150 cm³/mol. The summed E-state index contributed by atoms with van der Waals surface area (Å²) in [6, 6.07) is 3.53. The van der Waals surface area contributed by atoms with Gasteiger partial charge in [0.1, 0.15) is 11.4 Å². The molecule has 6 nitrogen and oxygen atoms in total. The summed E-state index contributed by atoms with van der Waals surface area (Å²) in [6.45, 7) is 7.18. The van der Waals surface area contributed by atoms with E-state index in [1.807, 2.05) is 32.9 Å². The standard InChI is InChI=1S/C31H38F3N3O3/c1-30(2,3)40-29(39)22-12-7-8-16-37(17-9-13-22)27-15-14-24(20-35-27)36-28(38)23-18-25(21-10-5-4-6-11-21)26(19-23)31(32,33)34/h5,10-11,14-15,18,20,22H,4,6-9,12-13,16-17,19H2,1-3H3,(H,36,38). The highest BCUT2D eigenvalue weighted by Crippen LogP contribution is 2.41. The molecular weight excluding hydrogens is 519 g/mol. The van der Waals surface area contributed by atoms with Crippen LogP contribution in [-0.2, 0) is 14.3 Å². The van der Waals surface area contributed by atoms with Crippen molar-refractivity contribution >= 4 is 23.4 Å². The number of carbonyl (C=O) groups excluding carboxylic acids is 2. The molecule has 0 radical (unpaired) electrons. The third kappa shape index (κ3) is 7.86. The first-order chi connectivity index (χ1) is 18.9. The molecule has 2 aliphatic carbocycles. The first kappa shape index (κ1) is 29.6. The Labute approximate surface area is 234 Å². The van der Waals surface area contributed by atoms with E-state index < -0.39 is 29.7 Å². The van der Waals surface area contributed by atoms with E-state index in [9.17, 15) is 22.8 Å². The molecule has 1 N–H and O–H groups in total. The lowest BCUT2D eigenvalue weighted by Crippen LogP contribution is -2.29. The largest absolute Gasteiger partial charge is 0.460 e. The molecule has 0 spiro atoms. The van der Waals surface area contributed by atoms with Gasteiger partial charge in [-0.05, 0) is 88.7 Å². The number of alkyl halides is 3. The summed E-state index contributed by atoms with van der Waals surface area (Å²) in [5, 5.41) is 2.71. The maximum absolute atomic E-state index is 13.7. The number of rotatable bonds is 5. The lowest BCUT2D eigenvalue weighted by molar-refractivity contribution is -0.160. The van der Waals surface area contributed by atoms with Crippen molar-refractivity contribution in [2.45, 2.75) is 83.9 Å². The van der Waals surface area contributed by atoms with Crippen LogP contribution in [-0.4, -0.2) is 41.7 Å². The third-order valence-corrected chi connectivity index (χ3v) is 7.23. The first-order valence-electron chi connectivity index (χ1n) is 14.0. The van der Waals surface area contributed by atoms with Gasteiger partial charge in [-0.2, -0.15) is 13.2 Å². The number of ether oxygens (including phenoxy) is 1. The Bertz CT molecular complexity index is 1220. The fraction of sp³-hybridized carbons (Fsp3) is 0.516. The van der Waals surface area contributed by atoms with Crippen LogP contribution in [0.15, 0.2) is 64.9 Å². The summed E-state index contributed by atoms with van der Waals surface area (Å²) in [4.78, 5) is 32.2. The molecule has 1 atom stereocenters. The van der Waals surface area contributed by atoms with Gasteiger partial charge in [0.25, 0.3) is 5.91 Å². The Morgan fingerprint density at radius 2 is 1.80 bits per heavy atom. The van der Waals surface area contributed by atoms with Gasteiger partial charge in [-0.25, -0.2) is 4.98 Å². The van der Waals surface area contributed by atoms with Crippen molar-refractivity contribution in [3.05, 3.63) is 64.9 Å². The Morgan fingerprint density at radius 3 is 2.45 bits per heavy atom. The second kappa shape index (κ2) is 12.4. The summed E-state index contributed by atoms with van der Waals surface area (Å²) in [5.74, 6) is -0.0446. The Kier molecular flexibility index (Phi) is 9.21. The van der Waals surface area contributed by atoms with Gasteiger partial charge in [0.15, 0.2) is 0 Å². The molecule has 2 heterocycles. The first-order valence-corrected chi connectivity index (χ1v) is 14.0. The number of hydrogen-bond acceptors (Lipinski definition) is 5. The van der Waals surface area contributed by atoms with Gasteiger partial charge in [0.05, 0.1) is 17.8 Å². The molecule has 0 bridgehead atoms. The van der Waals surface area contributed by atoms with Crippen LogP contribution < -0.4 is 10.2 Å². The minimum absolute atomic E-state index is 0.0731. The number of anilines is 2. The molecule has 4 rings (SSSR count). The van der Waals surface area contributed by atoms with Crippen molar-refractivity contribution in [1.82, 2.24) is 4.98 Å². The van der Waals surface area contributed by atoms with E-state index >= 15 is 0 Å². The molecule has 1 saturated heterocycles. The molecule has 0 saturated carbocycles. The summed E-state index contributed by atoms with van der Waals surface area (Å²) in [6.07, 6.45) is 8.90. The molecule has 1 unspecified atom stereocenters. The van der Waals surface area contributed by atoms with E-state index in [0.717, 1.165) is 57.4 Å². The maximum Gasteiger partial charge on any atom is 0.413 e. The lowest BCUT2D eigenvalue weighted by Gasteiger charge is -2.24. The number of esters is 1. The smallest absolute Gasteiger partial charge is 0.413 e. The summed E-state index contributed by atoms with van der Waals surface area (Å²) in [5.41, 5.74) is -0.113. The van der Waals surface area contributed by atoms with Gasteiger partial charge in [-0.3, -0.25) is 9.59 Å². The summed E-state index contributed by atoms with van der Waals surface area (Å²) >= 11 is 0. The second-order valence-electron chi connectivity index (χ2n) is 11.6. The maximum atomic E-state index is 13.7. The van der Waals surface area contributed by atoms with Crippen LogP contribution in [0, 0.1) is 5.92 Å². The molecule has 1 fully saturated rings. The quantitative estimate of drug-likeness (QED) is 0.387. The van der Waals surface area contributed by atoms with E-state index in [-0.39, 0.29) is 23.0 Å². The number of hydrogen-bond donors (Lipinski definition) is 1. The van der Waals surface area contributed by atoms with Gasteiger partial charge in [0.2, 0.25) is 0 Å². The van der Waals surface area contributed by atoms with Crippen LogP contribution in [0.2, 0.25) is 0 Å². The van der Waals surface area contributed by atoms with E-state index in [4.69, 9.17) is 4.74 Å². The van der Waals surface area contributed by atoms with E-state index in [2.05, 4.69) is 15.2 Å². The summed E-state index contributed by atoms with van der Waals surface area (Å²) < 4.78 is 46.8.